The lowest BCUT2D eigenvalue weighted by Crippen LogP contribution is -2.40. The largest absolute Gasteiger partial charge is 0.361 e. The number of carbonyl (C=O) groups is 2. The first-order valence-corrected chi connectivity index (χ1v) is 19.3. The summed E-state index contributed by atoms with van der Waals surface area (Å²) in [6.07, 6.45) is 1.84. The Kier molecular flexibility index (Phi) is 11.9. The molecule has 8 nitrogen and oxygen atoms in total. The number of halogens is 3. The van der Waals surface area contributed by atoms with E-state index in [0.717, 1.165) is 45.5 Å². The molecule has 2 unspecified atom stereocenters. The van der Waals surface area contributed by atoms with Crippen molar-refractivity contribution in [3.63, 3.8) is 0 Å². The first-order chi connectivity index (χ1) is 25.9. The van der Waals surface area contributed by atoms with Gasteiger partial charge >= 0.3 is 0 Å². The SMILES string of the molecule is CC1c2cccc(Br)c2CCN1C(=O)Cc1c(Cl)cccc1C#N.Cc1noc(C)c1-c1cccc2c1CCN(C(=O)Cc1c(Cl)cccc1C#N)C2C. The summed E-state index contributed by atoms with van der Waals surface area (Å²) in [5, 5.41) is 23.6. The molecule has 3 heterocycles. The molecule has 2 amide bonds. The van der Waals surface area contributed by atoms with Gasteiger partial charge in [-0.25, -0.2) is 0 Å². The summed E-state index contributed by atoms with van der Waals surface area (Å²) >= 11 is 16.1. The van der Waals surface area contributed by atoms with Gasteiger partial charge in [0.05, 0.1) is 53.9 Å². The summed E-state index contributed by atoms with van der Waals surface area (Å²) in [7, 11) is 0. The number of amides is 2. The Morgan fingerprint density at radius 3 is 1.76 bits per heavy atom. The van der Waals surface area contributed by atoms with Gasteiger partial charge in [0.2, 0.25) is 11.8 Å². The van der Waals surface area contributed by atoms with Gasteiger partial charge in [0.25, 0.3) is 0 Å². The third-order valence-electron chi connectivity index (χ3n) is 10.5. The molecule has 274 valence electrons. The number of aromatic nitrogens is 1. The number of carbonyl (C=O) groups excluding carboxylic acids is 2. The van der Waals surface area contributed by atoms with E-state index in [9.17, 15) is 20.1 Å². The maximum Gasteiger partial charge on any atom is 0.227 e. The Hall–Kier alpha value is -4.93. The van der Waals surface area contributed by atoms with Gasteiger partial charge in [-0.3, -0.25) is 9.59 Å². The molecule has 1 aromatic heterocycles. The van der Waals surface area contributed by atoms with E-state index in [1.807, 2.05) is 55.7 Å². The minimum Gasteiger partial charge on any atom is -0.361 e. The van der Waals surface area contributed by atoms with Crippen molar-refractivity contribution in [2.75, 3.05) is 13.1 Å². The molecule has 2 aliphatic rings. The van der Waals surface area contributed by atoms with Crippen molar-refractivity contribution in [2.24, 2.45) is 0 Å². The van der Waals surface area contributed by atoms with Crippen LogP contribution >= 0.6 is 39.1 Å². The second-order valence-electron chi connectivity index (χ2n) is 13.5. The molecule has 0 fully saturated rings. The van der Waals surface area contributed by atoms with Crippen LogP contribution in [0.4, 0.5) is 0 Å². The van der Waals surface area contributed by atoms with Gasteiger partial charge in [-0.15, -0.1) is 0 Å². The van der Waals surface area contributed by atoms with E-state index < -0.39 is 0 Å². The molecule has 11 heteroatoms. The molecular weight excluding hydrogens is 785 g/mol. The van der Waals surface area contributed by atoms with E-state index in [4.69, 9.17) is 27.7 Å². The predicted octanol–water partition coefficient (Wildman–Crippen LogP) is 9.83. The van der Waals surface area contributed by atoms with Crippen LogP contribution in [0.3, 0.4) is 0 Å². The zero-order valence-electron chi connectivity index (χ0n) is 30.4. The maximum absolute atomic E-state index is 13.2. The lowest BCUT2D eigenvalue weighted by molar-refractivity contribution is -0.133. The van der Waals surface area contributed by atoms with E-state index in [1.54, 1.807) is 36.4 Å². The van der Waals surface area contributed by atoms with E-state index in [2.05, 4.69) is 51.4 Å². The van der Waals surface area contributed by atoms with Crippen LogP contribution in [0, 0.1) is 36.5 Å². The van der Waals surface area contributed by atoms with Crippen LogP contribution in [-0.2, 0) is 35.3 Å². The minimum atomic E-state index is -0.0744. The molecule has 2 aliphatic heterocycles. The van der Waals surface area contributed by atoms with Crippen molar-refractivity contribution < 1.29 is 14.1 Å². The second-order valence-corrected chi connectivity index (χ2v) is 15.2. The number of hydrogen-bond donors (Lipinski definition) is 0. The van der Waals surface area contributed by atoms with Crippen LogP contribution in [0.5, 0.6) is 0 Å². The number of nitrogens with zero attached hydrogens (tertiary/aromatic N) is 5. The summed E-state index contributed by atoms with van der Waals surface area (Å²) in [6, 6.07) is 26.8. The normalized spacial score (nSPS) is 15.9. The molecule has 0 bridgehead atoms. The molecule has 5 aromatic rings. The van der Waals surface area contributed by atoms with E-state index in [-0.39, 0.29) is 36.7 Å². The number of nitriles is 2. The standard InChI is InChI=1S/C24H22ClN3O2.C19H16BrClN2O/c1-14-24(16(3)30-27-14)20-8-5-7-18-15(2)28(11-10-19(18)20)23(29)12-21-17(13-26)6-4-9-22(21)25;1-12-14-5-3-6-17(20)15(14)8-9-23(12)19(24)10-16-13(11-22)4-2-7-18(16)21/h4-9,15H,10-12H2,1-3H3;2-7,12H,8-10H2,1H3. The Labute approximate surface area is 334 Å². The lowest BCUT2D eigenvalue weighted by Gasteiger charge is -2.36. The fourth-order valence-electron chi connectivity index (χ4n) is 7.67. The molecule has 0 N–H and O–H groups in total. The first-order valence-electron chi connectivity index (χ1n) is 17.7. The maximum atomic E-state index is 13.2. The quantitative estimate of drug-likeness (QED) is 0.174. The summed E-state index contributed by atoms with van der Waals surface area (Å²) in [4.78, 5) is 29.8. The fourth-order valence-corrected chi connectivity index (χ4v) is 8.73. The van der Waals surface area contributed by atoms with Crippen LogP contribution in [-0.4, -0.2) is 39.9 Å². The monoisotopic (exact) mass is 821 g/mol. The highest BCUT2D eigenvalue weighted by Crippen LogP contribution is 2.39. The van der Waals surface area contributed by atoms with Gasteiger partial charge in [-0.2, -0.15) is 10.5 Å². The van der Waals surface area contributed by atoms with Gasteiger partial charge in [0.1, 0.15) is 5.76 Å². The van der Waals surface area contributed by atoms with E-state index >= 15 is 0 Å². The van der Waals surface area contributed by atoms with Crippen LogP contribution in [0.1, 0.15) is 81.9 Å². The zero-order valence-corrected chi connectivity index (χ0v) is 33.5. The van der Waals surface area contributed by atoms with Crippen molar-refractivity contribution in [1.29, 1.82) is 10.5 Å². The van der Waals surface area contributed by atoms with E-state index in [1.165, 1.54) is 16.7 Å². The number of benzene rings is 4. The van der Waals surface area contributed by atoms with E-state index in [0.29, 0.717) is 45.4 Å². The average Bonchev–Trinajstić information content (AvgIpc) is 3.50. The first kappa shape index (κ1) is 38.8. The fraction of sp³-hybridized carbons (Fsp3) is 0.279. The number of fused-ring (bicyclic) bond motifs is 2. The smallest absolute Gasteiger partial charge is 0.227 e. The van der Waals surface area contributed by atoms with Gasteiger partial charge < -0.3 is 14.3 Å². The second kappa shape index (κ2) is 16.6. The Bertz CT molecular complexity index is 2320. The van der Waals surface area contributed by atoms with Crippen molar-refractivity contribution in [3.8, 4) is 23.3 Å². The molecule has 0 saturated carbocycles. The molecule has 0 saturated heterocycles. The molecule has 7 rings (SSSR count). The minimum absolute atomic E-state index is 0.00211. The van der Waals surface area contributed by atoms with Crippen molar-refractivity contribution in [1.82, 2.24) is 15.0 Å². The number of hydrogen-bond acceptors (Lipinski definition) is 6. The lowest BCUT2D eigenvalue weighted by atomic mass is 9.86. The highest BCUT2D eigenvalue weighted by atomic mass is 79.9. The van der Waals surface area contributed by atoms with Crippen LogP contribution in [0.2, 0.25) is 10.0 Å². The molecule has 0 spiro atoms. The van der Waals surface area contributed by atoms with Crippen molar-refractivity contribution in [2.45, 2.75) is 65.5 Å². The van der Waals surface area contributed by atoms with Crippen LogP contribution < -0.4 is 0 Å². The van der Waals surface area contributed by atoms with Crippen LogP contribution in [0.15, 0.2) is 81.8 Å². The number of rotatable bonds is 5. The van der Waals surface area contributed by atoms with Crippen molar-refractivity contribution >= 4 is 50.9 Å². The third kappa shape index (κ3) is 7.68. The van der Waals surface area contributed by atoms with Gasteiger partial charge in [-0.05, 0) is 110 Å². The summed E-state index contributed by atoms with van der Waals surface area (Å²) < 4.78 is 6.47. The van der Waals surface area contributed by atoms with Gasteiger partial charge in [0.15, 0.2) is 0 Å². The molecule has 0 radical (unpaired) electrons. The Morgan fingerprint density at radius 2 is 1.26 bits per heavy atom. The highest BCUT2D eigenvalue weighted by Gasteiger charge is 2.31. The zero-order chi connectivity index (χ0) is 38.7. The molecule has 54 heavy (non-hydrogen) atoms. The molecule has 4 aromatic carbocycles. The van der Waals surface area contributed by atoms with Gasteiger partial charge in [-0.1, -0.05) is 86.8 Å². The Balaban J connectivity index is 0.000000189. The Morgan fingerprint density at radius 1 is 0.778 bits per heavy atom. The molecular formula is C43H38BrCl2N5O3. The third-order valence-corrected chi connectivity index (χ3v) is 11.9. The molecule has 2 atom stereocenters. The molecule has 0 aliphatic carbocycles. The summed E-state index contributed by atoms with van der Waals surface area (Å²) in [6.45, 7) is 9.24. The highest BCUT2D eigenvalue weighted by molar-refractivity contribution is 9.10. The summed E-state index contributed by atoms with van der Waals surface area (Å²) in [5.74, 6) is 0.771. The van der Waals surface area contributed by atoms with Crippen LogP contribution in [0.25, 0.3) is 11.1 Å². The van der Waals surface area contributed by atoms with Crippen molar-refractivity contribution in [3.05, 3.63) is 143 Å². The average molecular weight is 824 g/mol. The topological polar surface area (TPSA) is 114 Å². The summed E-state index contributed by atoms with van der Waals surface area (Å²) in [5.41, 5.74) is 9.95. The van der Waals surface area contributed by atoms with Gasteiger partial charge in [0, 0.05) is 33.2 Å². The predicted molar refractivity (Wildman–Crippen MR) is 213 cm³/mol. The number of aryl methyl sites for hydroxylation is 2.